The van der Waals surface area contributed by atoms with Crippen LogP contribution in [-0.2, 0) is 0 Å². The Hall–Kier alpha value is -0.760. The summed E-state index contributed by atoms with van der Waals surface area (Å²) in [6.45, 7) is 0.927. The standard InChI is InChI=1S/C11H13ClFN/c12-10-7-9(13)3-4-11(10)14-6-5-8-1-2-8/h3-4,7-8,14H,1-2,5-6H2. The molecule has 1 aliphatic rings. The zero-order valence-corrected chi connectivity index (χ0v) is 8.65. The summed E-state index contributed by atoms with van der Waals surface area (Å²) in [6.07, 6.45) is 3.91. The van der Waals surface area contributed by atoms with Crippen LogP contribution in [0.3, 0.4) is 0 Å². The lowest BCUT2D eigenvalue weighted by molar-refractivity contribution is 0.628. The van der Waals surface area contributed by atoms with Crippen LogP contribution in [0.2, 0.25) is 5.02 Å². The van der Waals surface area contributed by atoms with Crippen LogP contribution in [0.1, 0.15) is 19.3 Å². The minimum atomic E-state index is -0.289. The van der Waals surface area contributed by atoms with Gasteiger partial charge in [-0.2, -0.15) is 0 Å². The highest BCUT2D eigenvalue weighted by molar-refractivity contribution is 6.33. The zero-order valence-electron chi connectivity index (χ0n) is 7.89. The van der Waals surface area contributed by atoms with Gasteiger partial charge in [0.15, 0.2) is 0 Å². The van der Waals surface area contributed by atoms with Gasteiger partial charge in [0.05, 0.1) is 10.7 Å². The quantitative estimate of drug-likeness (QED) is 0.805. The van der Waals surface area contributed by atoms with Crippen LogP contribution in [0.15, 0.2) is 18.2 Å². The minimum Gasteiger partial charge on any atom is -0.384 e. The van der Waals surface area contributed by atoms with Gasteiger partial charge >= 0.3 is 0 Å². The van der Waals surface area contributed by atoms with Gasteiger partial charge in [0.1, 0.15) is 5.82 Å². The van der Waals surface area contributed by atoms with Crippen LogP contribution >= 0.6 is 11.6 Å². The summed E-state index contributed by atoms with van der Waals surface area (Å²) in [5, 5.41) is 3.67. The molecular formula is C11H13ClFN. The van der Waals surface area contributed by atoms with Crippen molar-refractivity contribution in [3.8, 4) is 0 Å². The molecule has 0 spiro atoms. The van der Waals surface area contributed by atoms with E-state index in [2.05, 4.69) is 5.32 Å². The second-order valence-corrected chi connectivity index (χ2v) is 4.19. The molecule has 0 aromatic heterocycles. The summed E-state index contributed by atoms with van der Waals surface area (Å²) in [7, 11) is 0. The van der Waals surface area contributed by atoms with Gasteiger partial charge in [0.25, 0.3) is 0 Å². The Bertz CT molecular complexity index is 323. The number of hydrogen-bond acceptors (Lipinski definition) is 1. The molecule has 0 radical (unpaired) electrons. The van der Waals surface area contributed by atoms with Crippen LogP contribution in [0.25, 0.3) is 0 Å². The van der Waals surface area contributed by atoms with Crippen molar-refractivity contribution in [3.63, 3.8) is 0 Å². The molecule has 1 aliphatic carbocycles. The van der Waals surface area contributed by atoms with Crippen molar-refractivity contribution in [2.45, 2.75) is 19.3 Å². The SMILES string of the molecule is Fc1ccc(NCCC2CC2)c(Cl)c1. The van der Waals surface area contributed by atoms with E-state index in [0.29, 0.717) is 5.02 Å². The highest BCUT2D eigenvalue weighted by atomic mass is 35.5. The van der Waals surface area contributed by atoms with Gasteiger partial charge < -0.3 is 5.32 Å². The van der Waals surface area contributed by atoms with Crippen LogP contribution in [0.4, 0.5) is 10.1 Å². The summed E-state index contributed by atoms with van der Waals surface area (Å²) in [4.78, 5) is 0. The number of nitrogens with one attached hydrogen (secondary N) is 1. The molecule has 0 aliphatic heterocycles. The molecule has 2 rings (SSSR count). The second kappa shape index (κ2) is 4.18. The van der Waals surface area contributed by atoms with E-state index in [0.717, 1.165) is 18.2 Å². The predicted molar refractivity (Wildman–Crippen MR) is 57.2 cm³/mol. The smallest absolute Gasteiger partial charge is 0.124 e. The van der Waals surface area contributed by atoms with E-state index >= 15 is 0 Å². The maximum Gasteiger partial charge on any atom is 0.124 e. The van der Waals surface area contributed by atoms with Gasteiger partial charge in [-0.15, -0.1) is 0 Å². The van der Waals surface area contributed by atoms with Crippen LogP contribution < -0.4 is 5.32 Å². The number of benzene rings is 1. The third-order valence-corrected chi connectivity index (χ3v) is 2.81. The molecule has 0 heterocycles. The molecule has 1 N–H and O–H groups in total. The largest absolute Gasteiger partial charge is 0.384 e. The first-order valence-electron chi connectivity index (χ1n) is 4.94. The molecule has 14 heavy (non-hydrogen) atoms. The second-order valence-electron chi connectivity index (χ2n) is 3.78. The van der Waals surface area contributed by atoms with Gasteiger partial charge in [0, 0.05) is 6.54 Å². The Morgan fingerprint density at radius 1 is 1.43 bits per heavy atom. The molecular weight excluding hydrogens is 201 g/mol. The Balaban J connectivity index is 1.87. The highest BCUT2D eigenvalue weighted by Gasteiger charge is 2.20. The lowest BCUT2D eigenvalue weighted by atomic mass is 10.2. The molecule has 1 saturated carbocycles. The van der Waals surface area contributed by atoms with Crippen molar-refractivity contribution in [2.75, 3.05) is 11.9 Å². The normalized spacial score (nSPS) is 15.6. The number of anilines is 1. The Kier molecular flexibility index (Phi) is 2.92. The minimum absolute atomic E-state index is 0.289. The van der Waals surface area contributed by atoms with Crippen LogP contribution in [-0.4, -0.2) is 6.54 Å². The van der Waals surface area contributed by atoms with E-state index < -0.39 is 0 Å². The van der Waals surface area contributed by atoms with Crippen molar-refractivity contribution in [1.29, 1.82) is 0 Å². The van der Waals surface area contributed by atoms with Gasteiger partial charge in [-0.05, 0) is 30.5 Å². The Morgan fingerprint density at radius 2 is 2.21 bits per heavy atom. The molecule has 1 aromatic carbocycles. The fourth-order valence-electron chi connectivity index (χ4n) is 1.45. The van der Waals surface area contributed by atoms with Crippen molar-refractivity contribution in [3.05, 3.63) is 29.0 Å². The molecule has 1 aromatic rings. The van der Waals surface area contributed by atoms with E-state index in [1.165, 1.54) is 31.4 Å². The Morgan fingerprint density at radius 3 is 2.86 bits per heavy atom. The van der Waals surface area contributed by atoms with Crippen LogP contribution in [0.5, 0.6) is 0 Å². The number of rotatable bonds is 4. The summed E-state index contributed by atoms with van der Waals surface area (Å²) in [5.74, 6) is 0.615. The average Bonchev–Trinajstić information content (AvgIpc) is 2.92. The number of halogens is 2. The van der Waals surface area contributed by atoms with E-state index in [1.807, 2.05) is 0 Å². The van der Waals surface area contributed by atoms with Crippen molar-refractivity contribution < 1.29 is 4.39 Å². The molecule has 1 nitrogen and oxygen atoms in total. The summed E-state index contributed by atoms with van der Waals surface area (Å²) in [5.41, 5.74) is 0.828. The zero-order chi connectivity index (χ0) is 9.97. The van der Waals surface area contributed by atoms with E-state index in [-0.39, 0.29) is 5.82 Å². The third-order valence-electron chi connectivity index (χ3n) is 2.50. The van der Waals surface area contributed by atoms with Gasteiger partial charge in [-0.3, -0.25) is 0 Å². The summed E-state index contributed by atoms with van der Waals surface area (Å²) < 4.78 is 12.7. The third kappa shape index (κ3) is 2.61. The van der Waals surface area contributed by atoms with Crippen molar-refractivity contribution in [2.24, 2.45) is 5.92 Å². The first-order valence-corrected chi connectivity index (χ1v) is 5.32. The first kappa shape index (κ1) is 9.78. The fraction of sp³-hybridized carbons (Fsp3) is 0.455. The maximum absolute atomic E-state index is 12.7. The topological polar surface area (TPSA) is 12.0 Å². The van der Waals surface area contributed by atoms with E-state index in [4.69, 9.17) is 11.6 Å². The summed E-state index contributed by atoms with van der Waals surface area (Å²) in [6, 6.07) is 4.44. The average molecular weight is 214 g/mol. The molecule has 76 valence electrons. The molecule has 1 fully saturated rings. The van der Waals surface area contributed by atoms with Gasteiger partial charge in [-0.1, -0.05) is 24.4 Å². The molecule has 0 atom stereocenters. The van der Waals surface area contributed by atoms with E-state index in [9.17, 15) is 4.39 Å². The van der Waals surface area contributed by atoms with Crippen molar-refractivity contribution in [1.82, 2.24) is 0 Å². The molecule has 0 unspecified atom stereocenters. The van der Waals surface area contributed by atoms with Gasteiger partial charge in [0.2, 0.25) is 0 Å². The fourth-order valence-corrected chi connectivity index (χ4v) is 1.68. The molecule has 0 amide bonds. The van der Waals surface area contributed by atoms with Gasteiger partial charge in [-0.25, -0.2) is 4.39 Å². The lowest BCUT2D eigenvalue weighted by Gasteiger charge is -2.07. The number of hydrogen-bond donors (Lipinski definition) is 1. The Labute approximate surface area is 88.3 Å². The molecule has 0 saturated heterocycles. The summed E-state index contributed by atoms with van der Waals surface area (Å²) >= 11 is 5.86. The predicted octanol–water partition coefficient (Wildman–Crippen LogP) is 3.69. The molecule has 3 heteroatoms. The monoisotopic (exact) mass is 213 g/mol. The van der Waals surface area contributed by atoms with E-state index in [1.54, 1.807) is 6.07 Å². The highest BCUT2D eigenvalue weighted by Crippen LogP contribution is 2.32. The van der Waals surface area contributed by atoms with Crippen LogP contribution in [0, 0.1) is 11.7 Å². The maximum atomic E-state index is 12.7. The molecule has 0 bridgehead atoms. The van der Waals surface area contributed by atoms with Crippen molar-refractivity contribution >= 4 is 17.3 Å². The first-order chi connectivity index (χ1) is 6.75. The lowest BCUT2D eigenvalue weighted by Crippen LogP contribution is -2.02.